The number of nitrogens with one attached hydrogen (secondary N) is 2. The van der Waals surface area contributed by atoms with E-state index in [1.165, 1.54) is 0 Å². The first-order valence-electron chi connectivity index (χ1n) is 7.36. The summed E-state index contributed by atoms with van der Waals surface area (Å²) in [6.07, 6.45) is 0.739. The summed E-state index contributed by atoms with van der Waals surface area (Å²) in [6.45, 7) is 4.22. The van der Waals surface area contributed by atoms with E-state index in [1.54, 1.807) is 10.7 Å². The molecule has 0 aliphatic carbocycles. The van der Waals surface area contributed by atoms with Crippen LogP contribution in [0.15, 0.2) is 22.7 Å². The van der Waals surface area contributed by atoms with Crippen molar-refractivity contribution in [2.75, 3.05) is 5.32 Å². The molecular formula is C15H18N6O2. The molecule has 3 rings (SSSR count). The molecule has 23 heavy (non-hydrogen) atoms. The van der Waals surface area contributed by atoms with Gasteiger partial charge in [-0.15, -0.1) is 5.10 Å². The van der Waals surface area contributed by atoms with Gasteiger partial charge in [0.25, 0.3) is 0 Å². The van der Waals surface area contributed by atoms with Crippen LogP contribution in [0.1, 0.15) is 23.9 Å². The highest BCUT2D eigenvalue weighted by Gasteiger charge is 2.12. The molecule has 0 radical (unpaired) electrons. The Morgan fingerprint density at radius 3 is 3.00 bits per heavy atom. The van der Waals surface area contributed by atoms with Gasteiger partial charge in [0.2, 0.25) is 0 Å². The van der Waals surface area contributed by atoms with Gasteiger partial charge in [-0.25, -0.2) is 9.48 Å². The van der Waals surface area contributed by atoms with Crippen LogP contribution in [0.2, 0.25) is 0 Å². The summed E-state index contributed by atoms with van der Waals surface area (Å²) in [7, 11) is 1.82. The molecule has 120 valence electrons. The molecule has 0 saturated heterocycles. The van der Waals surface area contributed by atoms with Crippen molar-refractivity contribution in [3.8, 4) is 0 Å². The molecule has 2 amide bonds. The Morgan fingerprint density at radius 1 is 1.39 bits per heavy atom. The third kappa shape index (κ3) is 3.01. The van der Waals surface area contributed by atoms with Crippen LogP contribution >= 0.6 is 0 Å². The molecule has 0 fully saturated rings. The van der Waals surface area contributed by atoms with E-state index >= 15 is 0 Å². The number of anilines is 1. The Bertz CT molecular complexity index is 851. The van der Waals surface area contributed by atoms with Crippen LogP contribution in [0.5, 0.6) is 0 Å². The lowest BCUT2D eigenvalue weighted by Gasteiger charge is -2.07. The van der Waals surface area contributed by atoms with Crippen LogP contribution in [-0.2, 0) is 20.0 Å². The number of benzene rings is 1. The molecular weight excluding hydrogens is 296 g/mol. The number of nitrogens with zero attached hydrogens (tertiary/aromatic N) is 4. The second-order valence-electron chi connectivity index (χ2n) is 5.25. The number of fused-ring (bicyclic) bond motifs is 1. The van der Waals surface area contributed by atoms with Gasteiger partial charge in [-0.3, -0.25) is 0 Å². The number of rotatable bonds is 4. The zero-order valence-corrected chi connectivity index (χ0v) is 13.3. The highest BCUT2D eigenvalue weighted by atomic mass is 16.5. The van der Waals surface area contributed by atoms with Crippen molar-refractivity contribution in [3.05, 3.63) is 35.2 Å². The standard InChI is InChI=1S/C15H18N6O2/c1-4-14-11(9(2)19-23-14)8-16-15(22)17-10-5-6-13-12(7-10)18-20-21(13)3/h5-7H,4,8H2,1-3H3,(H2,16,17,22). The first kappa shape index (κ1) is 15.0. The van der Waals surface area contributed by atoms with E-state index in [1.807, 2.05) is 33.0 Å². The van der Waals surface area contributed by atoms with Crippen LogP contribution in [-0.4, -0.2) is 26.2 Å². The Hall–Kier alpha value is -2.90. The maximum absolute atomic E-state index is 12.0. The zero-order chi connectivity index (χ0) is 16.4. The van der Waals surface area contributed by atoms with Crippen molar-refractivity contribution in [3.63, 3.8) is 0 Å². The molecule has 0 spiro atoms. The predicted molar refractivity (Wildman–Crippen MR) is 85.0 cm³/mol. The summed E-state index contributed by atoms with van der Waals surface area (Å²) in [4.78, 5) is 12.0. The molecule has 0 saturated carbocycles. The fraction of sp³-hybridized carbons (Fsp3) is 0.333. The maximum Gasteiger partial charge on any atom is 0.319 e. The van der Waals surface area contributed by atoms with Gasteiger partial charge in [0.1, 0.15) is 11.3 Å². The van der Waals surface area contributed by atoms with Gasteiger partial charge < -0.3 is 15.2 Å². The number of aromatic nitrogens is 4. The van der Waals surface area contributed by atoms with Crippen LogP contribution in [0.25, 0.3) is 11.0 Å². The van der Waals surface area contributed by atoms with Crippen molar-refractivity contribution in [1.29, 1.82) is 0 Å². The van der Waals surface area contributed by atoms with Crippen LogP contribution < -0.4 is 10.6 Å². The predicted octanol–water partition coefficient (Wildman–Crippen LogP) is 2.15. The van der Waals surface area contributed by atoms with E-state index in [-0.39, 0.29) is 6.03 Å². The Kier molecular flexibility index (Phi) is 3.96. The summed E-state index contributed by atoms with van der Waals surface area (Å²) in [6, 6.07) is 5.16. The summed E-state index contributed by atoms with van der Waals surface area (Å²) in [5.74, 6) is 0.795. The van der Waals surface area contributed by atoms with E-state index in [0.29, 0.717) is 12.2 Å². The van der Waals surface area contributed by atoms with Crippen LogP contribution in [0.3, 0.4) is 0 Å². The third-order valence-electron chi connectivity index (χ3n) is 3.68. The number of hydrogen-bond donors (Lipinski definition) is 2. The van der Waals surface area contributed by atoms with E-state index in [4.69, 9.17) is 4.52 Å². The maximum atomic E-state index is 12.0. The first-order chi connectivity index (χ1) is 11.1. The van der Waals surface area contributed by atoms with Gasteiger partial charge in [-0.1, -0.05) is 17.3 Å². The van der Waals surface area contributed by atoms with Gasteiger partial charge >= 0.3 is 6.03 Å². The molecule has 0 aliphatic rings. The normalized spacial score (nSPS) is 10.9. The Labute approximate surface area is 132 Å². The lowest BCUT2D eigenvalue weighted by molar-refractivity contribution is 0.251. The smallest absolute Gasteiger partial charge is 0.319 e. The minimum atomic E-state index is -0.295. The Morgan fingerprint density at radius 2 is 2.22 bits per heavy atom. The molecule has 0 unspecified atom stereocenters. The van der Waals surface area contributed by atoms with Crippen LogP contribution in [0, 0.1) is 6.92 Å². The third-order valence-corrected chi connectivity index (χ3v) is 3.68. The van der Waals surface area contributed by atoms with Crippen molar-refractivity contribution >= 4 is 22.8 Å². The lowest BCUT2D eigenvalue weighted by Crippen LogP contribution is -2.28. The van der Waals surface area contributed by atoms with E-state index in [9.17, 15) is 4.79 Å². The van der Waals surface area contributed by atoms with Gasteiger partial charge in [-0.2, -0.15) is 0 Å². The quantitative estimate of drug-likeness (QED) is 0.769. The first-order valence-corrected chi connectivity index (χ1v) is 7.36. The van der Waals surface area contributed by atoms with Gasteiger partial charge in [0, 0.05) is 31.3 Å². The molecule has 8 heteroatoms. The number of carbonyl (C=O) groups is 1. The van der Waals surface area contributed by atoms with Crippen molar-refractivity contribution in [2.45, 2.75) is 26.8 Å². The monoisotopic (exact) mass is 314 g/mol. The largest absolute Gasteiger partial charge is 0.361 e. The minimum Gasteiger partial charge on any atom is -0.361 e. The molecule has 3 aromatic rings. The zero-order valence-electron chi connectivity index (χ0n) is 13.3. The molecule has 1 aromatic carbocycles. The molecule has 0 aliphatic heterocycles. The second-order valence-corrected chi connectivity index (χ2v) is 5.25. The van der Waals surface area contributed by atoms with Gasteiger partial charge in [0.05, 0.1) is 11.2 Å². The molecule has 0 atom stereocenters. The minimum absolute atomic E-state index is 0.295. The summed E-state index contributed by atoms with van der Waals surface area (Å²) < 4.78 is 6.89. The average Bonchev–Trinajstić information content (AvgIpc) is 3.08. The van der Waals surface area contributed by atoms with Crippen molar-refractivity contribution in [2.24, 2.45) is 7.05 Å². The fourth-order valence-corrected chi connectivity index (χ4v) is 2.40. The summed E-state index contributed by atoms with van der Waals surface area (Å²) in [5.41, 5.74) is 4.01. The van der Waals surface area contributed by atoms with E-state index < -0.39 is 0 Å². The van der Waals surface area contributed by atoms with E-state index in [2.05, 4.69) is 26.1 Å². The molecule has 2 heterocycles. The summed E-state index contributed by atoms with van der Waals surface area (Å²) in [5, 5.41) is 17.5. The molecule has 8 nitrogen and oxygen atoms in total. The van der Waals surface area contributed by atoms with E-state index in [0.717, 1.165) is 34.5 Å². The summed E-state index contributed by atoms with van der Waals surface area (Å²) >= 11 is 0. The number of carbonyl (C=O) groups excluding carboxylic acids is 1. The fourth-order valence-electron chi connectivity index (χ4n) is 2.40. The average molecular weight is 314 g/mol. The van der Waals surface area contributed by atoms with Crippen molar-refractivity contribution in [1.82, 2.24) is 25.5 Å². The number of hydrogen-bond acceptors (Lipinski definition) is 5. The molecule has 0 bridgehead atoms. The highest BCUT2D eigenvalue weighted by Crippen LogP contribution is 2.17. The SMILES string of the molecule is CCc1onc(C)c1CNC(=O)Nc1ccc2c(c1)nnn2C. The van der Waals surface area contributed by atoms with Crippen LogP contribution in [0.4, 0.5) is 10.5 Å². The number of aryl methyl sites for hydroxylation is 3. The lowest BCUT2D eigenvalue weighted by atomic mass is 10.1. The van der Waals surface area contributed by atoms with Gasteiger partial charge in [0.15, 0.2) is 0 Å². The highest BCUT2D eigenvalue weighted by molar-refractivity contribution is 5.91. The Balaban J connectivity index is 1.65. The number of urea groups is 1. The second kappa shape index (κ2) is 6.07. The molecule has 2 aromatic heterocycles. The molecule has 2 N–H and O–H groups in total. The van der Waals surface area contributed by atoms with Gasteiger partial charge in [-0.05, 0) is 25.1 Å². The number of amides is 2. The topological polar surface area (TPSA) is 97.9 Å². The van der Waals surface area contributed by atoms with Crippen molar-refractivity contribution < 1.29 is 9.32 Å².